The number of amides is 3. The first-order valence-corrected chi connectivity index (χ1v) is 10.0. The second-order valence-electron chi connectivity index (χ2n) is 6.52. The fraction of sp³-hybridized carbons (Fsp3) is 0.0909. The first-order valence-electron chi connectivity index (χ1n) is 9.23. The number of carbonyl (C=O) groups excluding carboxylic acids is 3. The maximum atomic E-state index is 12.9. The molecule has 156 valence electrons. The van der Waals surface area contributed by atoms with Crippen LogP contribution in [0.1, 0.15) is 31.3 Å². The van der Waals surface area contributed by atoms with Gasteiger partial charge in [-0.05, 0) is 60.7 Å². The third-order valence-corrected chi connectivity index (χ3v) is 5.17. The predicted molar refractivity (Wildman–Crippen MR) is 117 cm³/mol. The normalized spacial score (nSPS) is 12.6. The van der Waals surface area contributed by atoms with Crippen molar-refractivity contribution in [2.75, 3.05) is 18.1 Å². The minimum absolute atomic E-state index is 0.0180. The highest BCUT2D eigenvalue weighted by molar-refractivity contribution is 7.80. The van der Waals surface area contributed by atoms with Crippen molar-refractivity contribution in [1.29, 1.82) is 0 Å². The molecule has 7 nitrogen and oxygen atoms in total. The smallest absolute Gasteiger partial charge is 0.301 e. The lowest BCUT2D eigenvalue weighted by molar-refractivity contribution is 0.0627. The Hall–Kier alpha value is -3.49. The fourth-order valence-electron chi connectivity index (χ4n) is 3.14. The molecule has 2 heterocycles. The molecule has 0 unspecified atom stereocenters. The number of hydrogen-bond acceptors (Lipinski definition) is 6. The number of nitrogens with zero attached hydrogens (tertiary/aromatic N) is 2. The number of fused-ring (bicyclic) bond motifs is 1. The van der Waals surface area contributed by atoms with Crippen LogP contribution in [-0.2, 0) is 4.74 Å². The number of rotatable bonds is 5. The number of furan rings is 1. The highest BCUT2D eigenvalue weighted by Gasteiger charge is 2.35. The summed E-state index contributed by atoms with van der Waals surface area (Å²) in [7, 11) is 0. The summed E-state index contributed by atoms with van der Waals surface area (Å²) >= 11 is 11.3. The van der Waals surface area contributed by atoms with Crippen LogP contribution in [0.15, 0.2) is 71.3 Å². The van der Waals surface area contributed by atoms with Gasteiger partial charge in [0.1, 0.15) is 6.61 Å². The zero-order valence-corrected chi connectivity index (χ0v) is 17.6. The Morgan fingerprint density at radius 3 is 2.23 bits per heavy atom. The summed E-state index contributed by atoms with van der Waals surface area (Å²) in [6.45, 7) is -0.101. The third kappa shape index (κ3) is 4.08. The van der Waals surface area contributed by atoms with Crippen molar-refractivity contribution >= 4 is 52.4 Å². The highest BCUT2D eigenvalue weighted by Crippen LogP contribution is 2.23. The molecule has 3 amide bonds. The lowest BCUT2D eigenvalue weighted by atomic mass is 10.1. The predicted octanol–water partition coefficient (Wildman–Crippen LogP) is 4.18. The number of thiocarbonyl (C=S) groups is 1. The summed E-state index contributed by atoms with van der Waals surface area (Å²) in [5, 5.41) is 0.340. The third-order valence-electron chi connectivity index (χ3n) is 4.62. The first-order chi connectivity index (χ1) is 15.0. The number of hydrogen-bond donors (Lipinski definition) is 0. The number of halogens is 1. The Morgan fingerprint density at radius 2 is 1.65 bits per heavy atom. The van der Waals surface area contributed by atoms with Crippen molar-refractivity contribution < 1.29 is 23.5 Å². The van der Waals surface area contributed by atoms with Crippen molar-refractivity contribution in [2.24, 2.45) is 0 Å². The lowest BCUT2D eigenvalue weighted by Gasteiger charge is -2.23. The Morgan fingerprint density at radius 1 is 1.00 bits per heavy atom. The quantitative estimate of drug-likeness (QED) is 0.425. The van der Waals surface area contributed by atoms with Crippen LogP contribution in [0.4, 0.5) is 5.69 Å². The Bertz CT molecular complexity index is 1130. The minimum Gasteiger partial charge on any atom is -0.468 e. The number of carbonyl (C=O) groups is 3. The van der Waals surface area contributed by atoms with Gasteiger partial charge in [-0.2, -0.15) is 0 Å². The van der Waals surface area contributed by atoms with Crippen LogP contribution >= 0.6 is 23.8 Å². The summed E-state index contributed by atoms with van der Waals surface area (Å²) in [5.41, 5.74) is 1.13. The van der Waals surface area contributed by atoms with E-state index >= 15 is 0 Å². The van der Waals surface area contributed by atoms with Crippen LogP contribution in [0.25, 0.3) is 0 Å². The van der Waals surface area contributed by atoms with Crippen molar-refractivity contribution in [3.63, 3.8) is 0 Å². The molecule has 0 radical (unpaired) electrons. The molecule has 0 fully saturated rings. The molecule has 1 aromatic heterocycles. The van der Waals surface area contributed by atoms with Gasteiger partial charge < -0.3 is 9.15 Å². The monoisotopic (exact) mass is 454 g/mol. The Kier molecular flexibility index (Phi) is 5.83. The van der Waals surface area contributed by atoms with Gasteiger partial charge >= 0.3 is 5.91 Å². The Labute approximate surface area is 187 Å². The number of anilines is 1. The van der Waals surface area contributed by atoms with Crippen molar-refractivity contribution in [1.82, 2.24) is 4.90 Å². The van der Waals surface area contributed by atoms with E-state index in [2.05, 4.69) is 0 Å². The van der Waals surface area contributed by atoms with Crippen LogP contribution in [-0.4, -0.2) is 40.9 Å². The molecular weight excluding hydrogens is 440 g/mol. The average Bonchev–Trinajstić information content (AvgIpc) is 3.39. The summed E-state index contributed by atoms with van der Waals surface area (Å²) in [6.07, 6.45) is 1.37. The van der Waals surface area contributed by atoms with Gasteiger partial charge in [-0.1, -0.05) is 23.7 Å². The zero-order chi connectivity index (χ0) is 22.0. The first kappa shape index (κ1) is 20.8. The molecule has 31 heavy (non-hydrogen) atoms. The number of imide groups is 1. The van der Waals surface area contributed by atoms with E-state index in [4.69, 9.17) is 33.0 Å². The summed E-state index contributed by atoms with van der Waals surface area (Å²) in [4.78, 5) is 40.1. The van der Waals surface area contributed by atoms with Gasteiger partial charge in [-0.3, -0.25) is 19.3 Å². The maximum Gasteiger partial charge on any atom is 0.301 e. The molecule has 0 spiro atoms. The molecule has 0 saturated carbocycles. The molecule has 0 saturated heterocycles. The van der Waals surface area contributed by atoms with E-state index in [1.807, 2.05) is 0 Å². The molecule has 0 bridgehead atoms. The van der Waals surface area contributed by atoms with Crippen molar-refractivity contribution in [3.8, 4) is 0 Å². The van der Waals surface area contributed by atoms with Gasteiger partial charge in [0, 0.05) is 5.02 Å². The van der Waals surface area contributed by atoms with Gasteiger partial charge in [0.05, 0.1) is 29.6 Å². The van der Waals surface area contributed by atoms with Gasteiger partial charge in [0.2, 0.25) is 0 Å². The van der Waals surface area contributed by atoms with Crippen LogP contribution in [0.2, 0.25) is 5.02 Å². The standard InChI is InChI=1S/C22H15ClN2O5S/c23-14-7-9-15(10-8-14)25(21(28)18-6-3-12-29-18)22(31)30-13-11-24-19(26)16-4-1-2-5-17(16)20(24)27/h1-10,12H,11,13H2. The molecule has 2 aromatic carbocycles. The lowest BCUT2D eigenvalue weighted by Crippen LogP contribution is -2.39. The van der Waals surface area contributed by atoms with Crippen molar-refractivity contribution in [2.45, 2.75) is 0 Å². The summed E-state index contributed by atoms with van der Waals surface area (Å²) < 4.78 is 10.8. The summed E-state index contributed by atoms with van der Waals surface area (Å²) in [5.74, 6) is -1.24. The van der Waals surface area contributed by atoms with Crippen LogP contribution in [0, 0.1) is 0 Å². The van der Waals surface area contributed by atoms with E-state index in [-0.39, 0.29) is 24.1 Å². The second-order valence-corrected chi connectivity index (χ2v) is 7.30. The molecular formula is C22H15ClN2O5S. The van der Waals surface area contributed by atoms with Gasteiger partial charge in [-0.25, -0.2) is 4.90 Å². The second kappa shape index (κ2) is 8.71. The van der Waals surface area contributed by atoms with Crippen molar-refractivity contribution in [3.05, 3.63) is 88.8 Å². The van der Waals surface area contributed by atoms with Gasteiger partial charge in [0.25, 0.3) is 17.0 Å². The van der Waals surface area contributed by atoms with E-state index in [9.17, 15) is 14.4 Å². The zero-order valence-electron chi connectivity index (χ0n) is 16.0. The molecule has 0 atom stereocenters. The Balaban J connectivity index is 1.47. The minimum atomic E-state index is -0.530. The van der Waals surface area contributed by atoms with E-state index in [1.165, 1.54) is 12.3 Å². The van der Waals surface area contributed by atoms with Gasteiger partial charge in [0.15, 0.2) is 5.76 Å². The molecule has 1 aliphatic rings. The maximum absolute atomic E-state index is 12.9. The van der Waals surface area contributed by atoms with E-state index < -0.39 is 17.7 Å². The number of ether oxygens (including phenoxy) is 1. The van der Waals surface area contributed by atoms with E-state index in [0.29, 0.717) is 21.8 Å². The molecule has 0 aliphatic carbocycles. The summed E-state index contributed by atoms with van der Waals surface area (Å²) in [6, 6.07) is 16.1. The van der Waals surface area contributed by atoms with Crippen LogP contribution < -0.4 is 4.90 Å². The average molecular weight is 455 g/mol. The van der Waals surface area contributed by atoms with Crippen LogP contribution in [0.3, 0.4) is 0 Å². The van der Waals surface area contributed by atoms with Crippen LogP contribution in [0.5, 0.6) is 0 Å². The topological polar surface area (TPSA) is 80.1 Å². The fourth-order valence-corrected chi connectivity index (χ4v) is 3.53. The molecule has 3 aromatic rings. The molecule has 9 heteroatoms. The molecule has 4 rings (SSSR count). The van der Waals surface area contributed by atoms with Gasteiger partial charge in [-0.15, -0.1) is 0 Å². The van der Waals surface area contributed by atoms with E-state index in [0.717, 1.165) is 9.80 Å². The molecule has 0 N–H and O–H groups in total. The largest absolute Gasteiger partial charge is 0.468 e. The highest BCUT2D eigenvalue weighted by atomic mass is 35.5. The van der Waals surface area contributed by atoms with E-state index in [1.54, 1.807) is 54.6 Å². The molecule has 1 aliphatic heterocycles. The number of benzene rings is 2. The SMILES string of the molecule is O=C1c2ccccc2C(=O)N1CCOC(=S)N(C(=O)c1ccco1)c1ccc(Cl)cc1.